The Morgan fingerprint density at radius 1 is 1.60 bits per heavy atom. The third kappa shape index (κ3) is 2.97. The molecule has 0 saturated carbocycles. The fourth-order valence-electron chi connectivity index (χ4n) is 1.69. The summed E-state index contributed by atoms with van der Waals surface area (Å²) in [6.45, 7) is 2.03. The highest BCUT2D eigenvalue weighted by Crippen LogP contribution is 2.08. The van der Waals surface area contributed by atoms with Crippen molar-refractivity contribution in [3.63, 3.8) is 0 Å². The van der Waals surface area contributed by atoms with Crippen molar-refractivity contribution in [1.29, 1.82) is 0 Å². The highest BCUT2D eigenvalue weighted by molar-refractivity contribution is 5.06. The van der Waals surface area contributed by atoms with Gasteiger partial charge < -0.3 is 10.1 Å². The van der Waals surface area contributed by atoms with Crippen molar-refractivity contribution >= 4 is 0 Å². The van der Waals surface area contributed by atoms with E-state index in [1.165, 1.54) is 6.07 Å². The Morgan fingerprint density at radius 3 is 3.27 bits per heavy atom. The maximum atomic E-state index is 13.2. The van der Waals surface area contributed by atoms with Crippen molar-refractivity contribution in [1.82, 2.24) is 10.3 Å². The van der Waals surface area contributed by atoms with E-state index in [1.54, 1.807) is 12.3 Å². The van der Waals surface area contributed by atoms with Gasteiger partial charge in [-0.1, -0.05) is 0 Å². The van der Waals surface area contributed by atoms with Crippen LogP contribution in [-0.4, -0.2) is 24.2 Å². The van der Waals surface area contributed by atoms with Crippen LogP contribution in [0.3, 0.4) is 0 Å². The number of nitrogens with one attached hydrogen (secondary N) is 1. The Labute approximate surface area is 88.7 Å². The molecular formula is C11H15FN2O. The molecule has 1 aromatic heterocycles. The molecule has 1 fully saturated rings. The van der Waals surface area contributed by atoms with E-state index in [9.17, 15) is 4.39 Å². The molecule has 1 aliphatic heterocycles. The van der Waals surface area contributed by atoms with Crippen LogP contribution >= 0.6 is 0 Å². The van der Waals surface area contributed by atoms with Crippen molar-refractivity contribution in [3.05, 3.63) is 29.8 Å². The summed E-state index contributed by atoms with van der Waals surface area (Å²) in [7, 11) is 0. The van der Waals surface area contributed by atoms with Crippen LogP contribution in [0.5, 0.6) is 0 Å². The van der Waals surface area contributed by atoms with E-state index in [-0.39, 0.29) is 5.82 Å². The molecule has 1 unspecified atom stereocenters. The molecule has 0 bridgehead atoms. The minimum absolute atomic E-state index is 0.248. The zero-order valence-corrected chi connectivity index (χ0v) is 8.58. The van der Waals surface area contributed by atoms with Gasteiger partial charge in [-0.3, -0.25) is 4.98 Å². The van der Waals surface area contributed by atoms with Crippen LogP contribution in [0.1, 0.15) is 18.5 Å². The van der Waals surface area contributed by atoms with Gasteiger partial charge in [0.1, 0.15) is 5.82 Å². The summed E-state index contributed by atoms with van der Waals surface area (Å²) in [5, 5.41) is 3.25. The molecule has 1 atom stereocenters. The summed E-state index contributed by atoms with van der Waals surface area (Å²) >= 11 is 0. The lowest BCUT2D eigenvalue weighted by Gasteiger charge is -2.23. The molecule has 0 radical (unpaired) electrons. The van der Waals surface area contributed by atoms with Crippen LogP contribution in [0.2, 0.25) is 0 Å². The van der Waals surface area contributed by atoms with E-state index in [0.29, 0.717) is 24.9 Å². The Bertz CT molecular complexity index is 313. The van der Waals surface area contributed by atoms with Gasteiger partial charge in [0.2, 0.25) is 0 Å². The monoisotopic (exact) mass is 210 g/mol. The molecule has 82 valence electrons. The van der Waals surface area contributed by atoms with Crippen molar-refractivity contribution in [2.75, 3.05) is 13.2 Å². The third-order valence-corrected chi connectivity index (χ3v) is 2.55. The number of nitrogens with zero attached hydrogens (tertiary/aromatic N) is 1. The molecule has 1 saturated heterocycles. The van der Waals surface area contributed by atoms with Gasteiger partial charge in [-0.05, 0) is 25.0 Å². The Morgan fingerprint density at radius 2 is 2.53 bits per heavy atom. The fraction of sp³-hybridized carbons (Fsp3) is 0.545. The lowest BCUT2D eigenvalue weighted by molar-refractivity contribution is 0.0697. The zero-order chi connectivity index (χ0) is 10.5. The molecule has 1 aliphatic rings. The van der Waals surface area contributed by atoms with E-state index in [0.717, 1.165) is 19.4 Å². The molecule has 2 heterocycles. The first kappa shape index (κ1) is 10.5. The van der Waals surface area contributed by atoms with Gasteiger partial charge in [-0.2, -0.15) is 0 Å². The third-order valence-electron chi connectivity index (χ3n) is 2.55. The van der Waals surface area contributed by atoms with Gasteiger partial charge >= 0.3 is 0 Å². The lowest BCUT2D eigenvalue weighted by Crippen LogP contribution is -2.36. The molecule has 15 heavy (non-hydrogen) atoms. The number of pyridine rings is 1. The summed E-state index contributed by atoms with van der Waals surface area (Å²) in [5.41, 5.74) is 0.475. The molecule has 0 spiro atoms. The summed E-state index contributed by atoms with van der Waals surface area (Å²) < 4.78 is 18.5. The van der Waals surface area contributed by atoms with Gasteiger partial charge in [0, 0.05) is 25.4 Å². The minimum atomic E-state index is -0.248. The van der Waals surface area contributed by atoms with E-state index in [2.05, 4.69) is 10.3 Å². The van der Waals surface area contributed by atoms with E-state index in [1.807, 2.05) is 0 Å². The second-order valence-electron chi connectivity index (χ2n) is 3.73. The van der Waals surface area contributed by atoms with E-state index >= 15 is 0 Å². The molecule has 0 amide bonds. The average molecular weight is 210 g/mol. The molecule has 0 aromatic carbocycles. The molecule has 3 nitrogen and oxygen atoms in total. The summed E-state index contributed by atoms with van der Waals surface area (Å²) in [6, 6.07) is 3.37. The normalized spacial score (nSPS) is 21.5. The number of hydrogen-bond donors (Lipinski definition) is 1. The van der Waals surface area contributed by atoms with E-state index < -0.39 is 0 Å². The maximum absolute atomic E-state index is 13.2. The summed E-state index contributed by atoms with van der Waals surface area (Å²) in [4.78, 5) is 3.98. The molecule has 1 aromatic rings. The van der Waals surface area contributed by atoms with Crippen LogP contribution in [-0.2, 0) is 11.3 Å². The van der Waals surface area contributed by atoms with Crippen LogP contribution < -0.4 is 5.32 Å². The van der Waals surface area contributed by atoms with Gasteiger partial charge in [0.15, 0.2) is 0 Å². The number of halogens is 1. The Kier molecular flexibility index (Phi) is 3.64. The number of aromatic nitrogens is 1. The number of ether oxygens (including phenoxy) is 1. The summed E-state index contributed by atoms with van der Waals surface area (Å²) in [6.07, 6.45) is 3.77. The van der Waals surface area contributed by atoms with Crippen LogP contribution in [0.25, 0.3) is 0 Å². The molecule has 0 aliphatic carbocycles. The summed E-state index contributed by atoms with van der Waals surface area (Å²) in [5.74, 6) is -0.248. The first-order valence-corrected chi connectivity index (χ1v) is 5.27. The second-order valence-corrected chi connectivity index (χ2v) is 3.73. The van der Waals surface area contributed by atoms with Gasteiger partial charge in [0.25, 0.3) is 0 Å². The van der Waals surface area contributed by atoms with Gasteiger partial charge in [-0.25, -0.2) is 4.39 Å². The van der Waals surface area contributed by atoms with Gasteiger partial charge in [-0.15, -0.1) is 0 Å². The fourth-order valence-corrected chi connectivity index (χ4v) is 1.69. The highest BCUT2D eigenvalue weighted by atomic mass is 19.1. The van der Waals surface area contributed by atoms with Gasteiger partial charge in [0.05, 0.1) is 12.3 Å². The standard InChI is InChI=1S/C11H15FN2O/c12-10-4-1-5-13-11(10)7-14-9-3-2-6-15-8-9/h1,4-5,9,14H,2-3,6-8H2. The smallest absolute Gasteiger partial charge is 0.146 e. The van der Waals surface area contributed by atoms with Crippen LogP contribution in [0.4, 0.5) is 4.39 Å². The topological polar surface area (TPSA) is 34.2 Å². The van der Waals surface area contributed by atoms with E-state index in [4.69, 9.17) is 4.74 Å². The van der Waals surface area contributed by atoms with Crippen molar-refractivity contribution in [2.45, 2.75) is 25.4 Å². The second kappa shape index (κ2) is 5.19. The average Bonchev–Trinajstić information content (AvgIpc) is 2.29. The van der Waals surface area contributed by atoms with Crippen LogP contribution in [0, 0.1) is 5.82 Å². The Balaban J connectivity index is 1.84. The van der Waals surface area contributed by atoms with Crippen molar-refractivity contribution in [2.24, 2.45) is 0 Å². The first-order valence-electron chi connectivity index (χ1n) is 5.27. The highest BCUT2D eigenvalue weighted by Gasteiger charge is 2.13. The SMILES string of the molecule is Fc1cccnc1CNC1CCCOC1. The zero-order valence-electron chi connectivity index (χ0n) is 8.58. The Hall–Kier alpha value is -1.00. The largest absolute Gasteiger partial charge is 0.380 e. The molecule has 1 N–H and O–H groups in total. The van der Waals surface area contributed by atoms with Crippen molar-refractivity contribution in [3.8, 4) is 0 Å². The van der Waals surface area contributed by atoms with Crippen LogP contribution in [0.15, 0.2) is 18.3 Å². The van der Waals surface area contributed by atoms with Crippen molar-refractivity contribution < 1.29 is 9.13 Å². The predicted octanol–water partition coefficient (Wildman–Crippen LogP) is 1.49. The quantitative estimate of drug-likeness (QED) is 0.820. The predicted molar refractivity (Wildman–Crippen MR) is 54.9 cm³/mol. The number of hydrogen-bond acceptors (Lipinski definition) is 3. The minimum Gasteiger partial charge on any atom is -0.380 e. The lowest BCUT2D eigenvalue weighted by atomic mass is 10.1. The molecule has 2 rings (SSSR count). The molecule has 4 heteroatoms. The molecular weight excluding hydrogens is 195 g/mol. The number of rotatable bonds is 3. The first-order chi connectivity index (χ1) is 7.36. The maximum Gasteiger partial charge on any atom is 0.146 e.